The number of halogens is 3. The molecule has 0 spiro atoms. The maximum atomic E-state index is 15.5. The van der Waals surface area contributed by atoms with Gasteiger partial charge in [-0.3, -0.25) is 0 Å². The van der Waals surface area contributed by atoms with Crippen molar-refractivity contribution in [1.29, 1.82) is 0 Å². The first kappa shape index (κ1) is 22.5. The molecule has 0 amide bonds. The zero-order chi connectivity index (χ0) is 20.6. The Labute approximate surface area is 169 Å². The van der Waals surface area contributed by atoms with Crippen molar-refractivity contribution in [3.63, 3.8) is 0 Å². The minimum absolute atomic E-state index is 0.274. The summed E-state index contributed by atoms with van der Waals surface area (Å²) in [6.45, 7) is 13.6. The molecule has 0 bridgehead atoms. The summed E-state index contributed by atoms with van der Waals surface area (Å²) in [6, 6.07) is 4.42. The molecule has 2 rings (SSSR count). The molecule has 0 N–H and O–H groups in total. The Bertz CT molecular complexity index is 710. The van der Waals surface area contributed by atoms with Crippen LogP contribution in [0.4, 0.5) is 8.78 Å². The Morgan fingerprint density at radius 1 is 1.15 bits per heavy atom. The lowest BCUT2D eigenvalue weighted by Crippen LogP contribution is -2.41. The minimum atomic E-state index is -1.11. The Hall–Kier alpha value is -0.755. The van der Waals surface area contributed by atoms with E-state index in [4.69, 9.17) is 14.0 Å². The standard InChI is InChI=1S/C20H28BBrF2O3/c1-18(2,3)25-11-10-14(13-8-9-16(23)15(22)12-13)17(24)21-26-19(4,5)20(6,7)27-21/h8-9,12H,10-11H2,1-7H3. The zero-order valence-corrected chi connectivity index (χ0v) is 18.7. The fraction of sp³-hybridized carbons (Fsp3) is 0.600. The molecule has 0 aromatic heterocycles. The van der Waals surface area contributed by atoms with E-state index in [0.29, 0.717) is 24.2 Å². The van der Waals surface area contributed by atoms with Gasteiger partial charge in [0.1, 0.15) is 11.5 Å². The molecule has 1 saturated heterocycles. The van der Waals surface area contributed by atoms with E-state index in [9.17, 15) is 4.39 Å². The van der Waals surface area contributed by atoms with E-state index >= 15 is 4.39 Å². The average Bonchev–Trinajstić information content (AvgIpc) is 2.73. The number of hydrogen-bond acceptors (Lipinski definition) is 3. The van der Waals surface area contributed by atoms with Gasteiger partial charge in [-0.1, -0.05) is 6.07 Å². The molecule has 1 aromatic carbocycles. The van der Waals surface area contributed by atoms with Gasteiger partial charge in [-0.25, -0.2) is 8.78 Å². The normalized spacial score (nSPS) is 20.0. The van der Waals surface area contributed by atoms with Crippen molar-refractivity contribution in [1.82, 2.24) is 0 Å². The summed E-state index contributed by atoms with van der Waals surface area (Å²) in [5, 5.41) is 0. The van der Waals surface area contributed by atoms with Gasteiger partial charge in [0.15, 0.2) is 0 Å². The van der Waals surface area contributed by atoms with Crippen LogP contribution in [0.25, 0.3) is 5.57 Å². The average molecular weight is 445 g/mol. The van der Waals surface area contributed by atoms with Crippen molar-refractivity contribution in [3.05, 3.63) is 39.8 Å². The van der Waals surface area contributed by atoms with E-state index in [2.05, 4.69) is 15.9 Å². The quantitative estimate of drug-likeness (QED) is 0.513. The van der Waals surface area contributed by atoms with Gasteiger partial charge in [0, 0.05) is 0 Å². The molecule has 1 fully saturated rings. The summed E-state index contributed by atoms with van der Waals surface area (Å²) in [5.74, 6) is -0.403. The van der Waals surface area contributed by atoms with Crippen LogP contribution in [-0.2, 0) is 14.0 Å². The largest absolute Gasteiger partial charge is 0.525 e. The molecule has 0 atom stereocenters. The third kappa shape index (κ3) is 5.40. The highest BCUT2D eigenvalue weighted by Gasteiger charge is 2.53. The number of rotatable bonds is 5. The predicted octanol–water partition coefficient (Wildman–Crippen LogP) is 6.11. The topological polar surface area (TPSA) is 27.7 Å². The van der Waals surface area contributed by atoms with Crippen LogP contribution in [0.1, 0.15) is 60.5 Å². The molecule has 1 aromatic rings. The maximum absolute atomic E-state index is 15.5. The molecule has 0 aliphatic carbocycles. The first-order valence-electron chi connectivity index (χ1n) is 9.07. The first-order valence-corrected chi connectivity index (χ1v) is 9.86. The highest BCUT2D eigenvalue weighted by atomic mass is 79.9. The van der Waals surface area contributed by atoms with E-state index in [-0.39, 0.29) is 10.1 Å². The third-order valence-electron chi connectivity index (χ3n) is 4.90. The Balaban J connectivity index is 2.38. The van der Waals surface area contributed by atoms with Gasteiger partial charge in [0.2, 0.25) is 0 Å². The molecule has 3 nitrogen and oxygen atoms in total. The predicted molar refractivity (Wildman–Crippen MR) is 109 cm³/mol. The molecular weight excluding hydrogens is 417 g/mol. The van der Waals surface area contributed by atoms with Gasteiger partial charge in [-0.05, 0) is 94.1 Å². The second kappa shape index (κ2) is 7.93. The minimum Gasteiger partial charge on any atom is -0.398 e. The van der Waals surface area contributed by atoms with Crippen LogP contribution in [0.2, 0.25) is 0 Å². The Morgan fingerprint density at radius 2 is 1.70 bits per heavy atom. The molecule has 0 saturated carbocycles. The molecule has 1 heterocycles. The molecule has 1 aliphatic rings. The van der Waals surface area contributed by atoms with Gasteiger partial charge in [0.25, 0.3) is 0 Å². The molecule has 7 heteroatoms. The smallest absolute Gasteiger partial charge is 0.398 e. The summed E-state index contributed by atoms with van der Waals surface area (Å²) in [6.07, 6.45) is 0.311. The van der Waals surface area contributed by atoms with Crippen LogP contribution in [0.15, 0.2) is 28.4 Å². The summed E-state index contributed by atoms with van der Waals surface area (Å²) < 4.78 is 46.8. The lowest BCUT2D eigenvalue weighted by atomic mass is 9.82. The summed E-state index contributed by atoms with van der Waals surface area (Å²) in [5.41, 5.74) is -1.19. The van der Waals surface area contributed by atoms with Gasteiger partial charge in [-0.2, -0.15) is 0 Å². The third-order valence-corrected chi connectivity index (χ3v) is 5.51. The van der Waals surface area contributed by atoms with Crippen LogP contribution >= 0.6 is 15.9 Å². The highest BCUT2D eigenvalue weighted by Crippen LogP contribution is 2.41. The van der Waals surface area contributed by atoms with E-state index in [0.717, 1.165) is 0 Å². The second-order valence-corrected chi connectivity index (χ2v) is 9.61. The SMILES string of the molecule is CC(C)(C)OCCC(=C(F)B1OC(C)(C)C(C)(C)O1)c1ccc(F)c(Br)c1. The zero-order valence-electron chi connectivity index (χ0n) is 17.1. The van der Waals surface area contributed by atoms with Crippen LogP contribution in [-0.4, -0.2) is 30.5 Å². The van der Waals surface area contributed by atoms with Crippen LogP contribution in [0, 0.1) is 5.82 Å². The van der Waals surface area contributed by atoms with Gasteiger partial charge < -0.3 is 14.0 Å². The first-order chi connectivity index (χ1) is 12.2. The van der Waals surface area contributed by atoms with Crippen molar-refractivity contribution in [3.8, 4) is 0 Å². The van der Waals surface area contributed by atoms with Crippen molar-refractivity contribution >= 4 is 28.6 Å². The summed E-state index contributed by atoms with van der Waals surface area (Å²) in [7, 11) is -1.11. The van der Waals surface area contributed by atoms with E-state index in [1.807, 2.05) is 48.5 Å². The van der Waals surface area contributed by atoms with Crippen LogP contribution < -0.4 is 0 Å². The lowest BCUT2D eigenvalue weighted by Gasteiger charge is -2.32. The highest BCUT2D eigenvalue weighted by molar-refractivity contribution is 9.10. The molecule has 150 valence electrons. The number of benzene rings is 1. The van der Waals surface area contributed by atoms with E-state index in [1.54, 1.807) is 12.1 Å². The monoisotopic (exact) mass is 444 g/mol. The van der Waals surface area contributed by atoms with Crippen molar-refractivity contribution < 1.29 is 22.8 Å². The fourth-order valence-electron chi connectivity index (χ4n) is 2.63. The molecule has 0 unspecified atom stereocenters. The van der Waals surface area contributed by atoms with Gasteiger partial charge in [0.05, 0.1) is 27.9 Å². The Morgan fingerprint density at radius 3 is 2.19 bits per heavy atom. The maximum Gasteiger partial charge on any atom is 0.525 e. The van der Waals surface area contributed by atoms with Crippen molar-refractivity contribution in [2.24, 2.45) is 0 Å². The summed E-state index contributed by atoms with van der Waals surface area (Å²) in [4.78, 5) is 0. The molecule has 27 heavy (non-hydrogen) atoms. The van der Waals surface area contributed by atoms with Crippen molar-refractivity contribution in [2.75, 3.05) is 6.61 Å². The second-order valence-electron chi connectivity index (χ2n) is 8.75. The van der Waals surface area contributed by atoms with Crippen LogP contribution in [0.5, 0.6) is 0 Å². The van der Waals surface area contributed by atoms with Gasteiger partial charge in [-0.15, -0.1) is 0 Å². The molecule has 1 aliphatic heterocycles. The lowest BCUT2D eigenvalue weighted by molar-refractivity contribution is 0.000564. The van der Waals surface area contributed by atoms with Crippen molar-refractivity contribution in [2.45, 2.75) is 71.7 Å². The van der Waals surface area contributed by atoms with Gasteiger partial charge >= 0.3 is 7.12 Å². The molecule has 0 radical (unpaired) electrons. The number of hydrogen-bond donors (Lipinski definition) is 0. The molecular formula is C20H28BBrF2O3. The Kier molecular flexibility index (Phi) is 6.62. The number of ether oxygens (including phenoxy) is 1. The van der Waals surface area contributed by atoms with E-state index in [1.165, 1.54) is 6.07 Å². The summed E-state index contributed by atoms with van der Waals surface area (Å²) >= 11 is 3.17. The fourth-order valence-corrected chi connectivity index (χ4v) is 3.01. The van der Waals surface area contributed by atoms with Crippen LogP contribution in [0.3, 0.4) is 0 Å². The van der Waals surface area contributed by atoms with E-state index < -0.39 is 29.9 Å².